The Bertz CT molecular complexity index is 261. The number of Topliss-reactive ketones (excluding diaryl/α,β-unsaturated/α-hetero) is 1. The lowest BCUT2D eigenvalue weighted by Crippen LogP contribution is -1.95. The van der Waals surface area contributed by atoms with Gasteiger partial charge in [-0.3, -0.25) is 4.79 Å². The summed E-state index contributed by atoms with van der Waals surface area (Å²) in [6, 6.07) is 1.74. The molecular weight excluding hydrogens is 152 g/mol. The molecule has 0 aliphatic carbocycles. The maximum atomic E-state index is 11.0. The molecule has 66 valence electrons. The Kier molecular flexibility index (Phi) is 3.09. The summed E-state index contributed by atoms with van der Waals surface area (Å²) in [5.41, 5.74) is 0.739. The molecule has 2 heteroatoms. The lowest BCUT2D eigenvalue weighted by molar-refractivity contribution is 0.101. The quantitative estimate of drug-likeness (QED) is 0.644. The van der Waals surface area contributed by atoms with Crippen LogP contribution in [0.3, 0.4) is 0 Å². The molecule has 0 amide bonds. The zero-order valence-corrected chi connectivity index (χ0v) is 7.59. The number of hydrogen-bond acceptors (Lipinski definition) is 2. The van der Waals surface area contributed by atoms with Crippen LogP contribution in [-0.4, -0.2) is 5.78 Å². The summed E-state index contributed by atoms with van der Waals surface area (Å²) in [7, 11) is 0. The van der Waals surface area contributed by atoms with E-state index in [1.807, 2.05) is 0 Å². The van der Waals surface area contributed by atoms with Crippen molar-refractivity contribution < 1.29 is 9.21 Å². The molecule has 0 fully saturated rings. The summed E-state index contributed by atoms with van der Waals surface area (Å²) >= 11 is 0. The summed E-state index contributed by atoms with van der Waals surface area (Å²) in [5.74, 6) is 0.930. The number of unbranched alkanes of at least 4 members (excludes halogenated alkanes) is 1. The average molecular weight is 166 g/mol. The van der Waals surface area contributed by atoms with Crippen LogP contribution in [-0.2, 0) is 6.42 Å². The van der Waals surface area contributed by atoms with E-state index in [1.54, 1.807) is 19.3 Å². The first-order valence-electron chi connectivity index (χ1n) is 4.33. The topological polar surface area (TPSA) is 30.2 Å². The Labute approximate surface area is 72.6 Å². The molecule has 1 aromatic heterocycles. The van der Waals surface area contributed by atoms with Gasteiger partial charge in [-0.1, -0.05) is 13.3 Å². The zero-order chi connectivity index (χ0) is 8.97. The third kappa shape index (κ3) is 1.97. The maximum Gasteiger partial charge on any atom is 0.163 e. The summed E-state index contributed by atoms with van der Waals surface area (Å²) in [6.07, 6.45) is 4.66. The van der Waals surface area contributed by atoms with Gasteiger partial charge in [0.15, 0.2) is 5.78 Å². The summed E-state index contributed by atoms with van der Waals surface area (Å²) in [6.45, 7) is 3.69. The van der Waals surface area contributed by atoms with Crippen LogP contribution in [0.15, 0.2) is 16.7 Å². The van der Waals surface area contributed by atoms with Crippen LogP contribution >= 0.6 is 0 Å². The number of rotatable bonds is 4. The fourth-order valence-corrected chi connectivity index (χ4v) is 1.19. The van der Waals surface area contributed by atoms with E-state index in [-0.39, 0.29) is 5.78 Å². The number of carbonyl (C=O) groups excluding carboxylic acids is 1. The van der Waals surface area contributed by atoms with Crippen molar-refractivity contribution in [2.45, 2.75) is 33.1 Å². The average Bonchev–Trinajstić information content (AvgIpc) is 2.48. The summed E-state index contributed by atoms with van der Waals surface area (Å²) < 4.78 is 5.21. The number of aryl methyl sites for hydroxylation is 1. The first-order chi connectivity index (χ1) is 5.75. The van der Waals surface area contributed by atoms with Crippen molar-refractivity contribution in [3.05, 3.63) is 23.7 Å². The molecule has 1 heterocycles. The van der Waals surface area contributed by atoms with Crippen molar-refractivity contribution in [1.82, 2.24) is 0 Å². The van der Waals surface area contributed by atoms with Gasteiger partial charge in [0.2, 0.25) is 0 Å². The largest absolute Gasteiger partial charge is 0.469 e. The lowest BCUT2D eigenvalue weighted by Gasteiger charge is -1.96. The Morgan fingerprint density at radius 1 is 1.58 bits per heavy atom. The van der Waals surface area contributed by atoms with Gasteiger partial charge in [-0.2, -0.15) is 0 Å². The van der Waals surface area contributed by atoms with E-state index in [1.165, 1.54) is 0 Å². The number of carbonyl (C=O) groups is 1. The third-order valence-corrected chi connectivity index (χ3v) is 1.88. The fourth-order valence-electron chi connectivity index (χ4n) is 1.19. The number of hydrogen-bond donors (Lipinski definition) is 0. The molecule has 0 atom stereocenters. The minimum atomic E-state index is 0.0925. The van der Waals surface area contributed by atoms with Gasteiger partial charge in [-0.25, -0.2) is 0 Å². The highest BCUT2D eigenvalue weighted by Crippen LogP contribution is 2.13. The van der Waals surface area contributed by atoms with Crippen LogP contribution < -0.4 is 0 Å². The lowest BCUT2D eigenvalue weighted by atomic mass is 10.1. The molecule has 0 saturated heterocycles. The van der Waals surface area contributed by atoms with E-state index >= 15 is 0 Å². The molecule has 0 aliphatic rings. The minimum absolute atomic E-state index is 0.0925. The van der Waals surface area contributed by atoms with Gasteiger partial charge >= 0.3 is 0 Å². The van der Waals surface area contributed by atoms with Crippen LogP contribution in [0.1, 0.15) is 42.8 Å². The van der Waals surface area contributed by atoms with E-state index < -0.39 is 0 Å². The second-order valence-corrected chi connectivity index (χ2v) is 2.92. The number of furan rings is 1. The van der Waals surface area contributed by atoms with Crippen molar-refractivity contribution in [3.8, 4) is 0 Å². The smallest absolute Gasteiger partial charge is 0.163 e. The van der Waals surface area contributed by atoms with E-state index in [9.17, 15) is 4.79 Å². The molecule has 0 bridgehead atoms. The molecule has 2 nitrogen and oxygen atoms in total. The van der Waals surface area contributed by atoms with E-state index in [2.05, 4.69) is 6.92 Å². The van der Waals surface area contributed by atoms with Gasteiger partial charge < -0.3 is 4.42 Å². The first-order valence-corrected chi connectivity index (χ1v) is 4.33. The van der Waals surface area contributed by atoms with Gasteiger partial charge in [0.25, 0.3) is 0 Å². The fraction of sp³-hybridized carbons (Fsp3) is 0.500. The molecular formula is C10H14O2. The van der Waals surface area contributed by atoms with Crippen molar-refractivity contribution in [2.75, 3.05) is 0 Å². The standard InChI is InChI=1S/C10H14O2/c1-3-4-5-10-9(8(2)11)6-7-12-10/h6-7H,3-5H2,1-2H3. The highest BCUT2D eigenvalue weighted by Gasteiger charge is 2.08. The van der Waals surface area contributed by atoms with E-state index in [4.69, 9.17) is 4.42 Å². The number of ketones is 1. The Hall–Kier alpha value is -1.05. The molecule has 12 heavy (non-hydrogen) atoms. The molecule has 0 saturated carbocycles. The van der Waals surface area contributed by atoms with Gasteiger partial charge in [-0.15, -0.1) is 0 Å². The van der Waals surface area contributed by atoms with Crippen LogP contribution in [0.5, 0.6) is 0 Å². The minimum Gasteiger partial charge on any atom is -0.469 e. The van der Waals surface area contributed by atoms with Crippen molar-refractivity contribution in [1.29, 1.82) is 0 Å². The van der Waals surface area contributed by atoms with Gasteiger partial charge in [0, 0.05) is 6.42 Å². The molecule has 1 rings (SSSR count). The maximum absolute atomic E-state index is 11.0. The van der Waals surface area contributed by atoms with Crippen LogP contribution in [0.2, 0.25) is 0 Å². The monoisotopic (exact) mass is 166 g/mol. The Morgan fingerprint density at radius 2 is 2.33 bits per heavy atom. The van der Waals surface area contributed by atoms with Crippen LogP contribution in [0.25, 0.3) is 0 Å². The van der Waals surface area contributed by atoms with Crippen LogP contribution in [0, 0.1) is 0 Å². The highest BCUT2D eigenvalue weighted by molar-refractivity contribution is 5.94. The van der Waals surface area contributed by atoms with E-state index in [0.717, 1.165) is 30.6 Å². The highest BCUT2D eigenvalue weighted by atomic mass is 16.3. The molecule has 0 N–H and O–H groups in total. The summed E-state index contributed by atoms with van der Waals surface area (Å²) in [4.78, 5) is 11.0. The molecule has 0 aromatic carbocycles. The van der Waals surface area contributed by atoms with Crippen LogP contribution in [0.4, 0.5) is 0 Å². The molecule has 1 aromatic rings. The predicted octanol–water partition coefficient (Wildman–Crippen LogP) is 2.82. The zero-order valence-electron chi connectivity index (χ0n) is 7.59. The predicted molar refractivity (Wildman–Crippen MR) is 47.3 cm³/mol. The molecule has 0 aliphatic heterocycles. The molecule has 0 spiro atoms. The van der Waals surface area contributed by atoms with Gasteiger partial charge in [-0.05, 0) is 19.4 Å². The SMILES string of the molecule is CCCCc1occc1C(C)=O. The Balaban J connectivity index is 2.70. The van der Waals surface area contributed by atoms with Gasteiger partial charge in [0.05, 0.1) is 11.8 Å². The molecule has 0 radical (unpaired) electrons. The van der Waals surface area contributed by atoms with Gasteiger partial charge in [0.1, 0.15) is 5.76 Å². The first kappa shape index (κ1) is 9.04. The normalized spacial score (nSPS) is 10.2. The molecule has 0 unspecified atom stereocenters. The van der Waals surface area contributed by atoms with E-state index in [0.29, 0.717) is 0 Å². The third-order valence-electron chi connectivity index (χ3n) is 1.88. The second kappa shape index (κ2) is 4.10. The Morgan fingerprint density at radius 3 is 2.92 bits per heavy atom. The van der Waals surface area contributed by atoms with Crippen molar-refractivity contribution in [3.63, 3.8) is 0 Å². The summed E-state index contributed by atoms with van der Waals surface area (Å²) in [5, 5.41) is 0. The second-order valence-electron chi connectivity index (χ2n) is 2.92. The van der Waals surface area contributed by atoms with Crippen molar-refractivity contribution >= 4 is 5.78 Å². The van der Waals surface area contributed by atoms with Crippen molar-refractivity contribution in [2.24, 2.45) is 0 Å².